The smallest absolute Gasteiger partial charge is 0.409 e. The van der Waals surface area contributed by atoms with Crippen LogP contribution in [0.4, 0.5) is 4.79 Å². The van der Waals surface area contributed by atoms with Gasteiger partial charge in [0.25, 0.3) is 0 Å². The lowest BCUT2D eigenvalue weighted by molar-refractivity contribution is -0.138. The molecule has 2 atom stereocenters. The quantitative estimate of drug-likeness (QED) is 0.819. The number of aliphatic carboxylic acids is 1. The van der Waals surface area contributed by atoms with Crippen LogP contribution in [-0.2, 0) is 9.53 Å². The van der Waals surface area contributed by atoms with Crippen LogP contribution in [0.1, 0.15) is 33.1 Å². The average Bonchev–Trinajstić information content (AvgIpc) is 2.28. The van der Waals surface area contributed by atoms with Crippen LogP contribution in [0.3, 0.4) is 0 Å². The standard InChI is InChI=1S/C12H21NO4/c1-3-17-12(16)13-6-4-5-10(8-13)9(2)7-11(14)15/h9-10H,3-8H2,1-2H3,(H,14,15). The molecule has 2 unspecified atom stereocenters. The predicted molar refractivity (Wildman–Crippen MR) is 62.7 cm³/mol. The molecule has 0 spiro atoms. The number of rotatable bonds is 4. The lowest BCUT2D eigenvalue weighted by Crippen LogP contribution is -2.42. The lowest BCUT2D eigenvalue weighted by atomic mass is 9.85. The molecule has 0 bridgehead atoms. The van der Waals surface area contributed by atoms with Crippen LogP contribution in [0.25, 0.3) is 0 Å². The van der Waals surface area contributed by atoms with E-state index in [2.05, 4.69) is 0 Å². The zero-order valence-electron chi connectivity index (χ0n) is 10.5. The maximum absolute atomic E-state index is 11.6. The summed E-state index contributed by atoms with van der Waals surface area (Å²) in [7, 11) is 0. The van der Waals surface area contributed by atoms with Crippen LogP contribution in [0.15, 0.2) is 0 Å². The maximum atomic E-state index is 11.6. The van der Waals surface area contributed by atoms with E-state index in [1.54, 1.807) is 11.8 Å². The fraction of sp³-hybridized carbons (Fsp3) is 0.833. The molecule has 0 aromatic heterocycles. The van der Waals surface area contributed by atoms with Gasteiger partial charge in [0.2, 0.25) is 0 Å². The first kappa shape index (κ1) is 13.8. The molecule has 17 heavy (non-hydrogen) atoms. The second kappa shape index (κ2) is 6.47. The summed E-state index contributed by atoms with van der Waals surface area (Å²) in [6.07, 6.45) is 1.80. The number of amides is 1. The Morgan fingerprint density at radius 2 is 2.24 bits per heavy atom. The fourth-order valence-corrected chi connectivity index (χ4v) is 2.30. The summed E-state index contributed by atoms with van der Waals surface area (Å²) in [5.41, 5.74) is 0. The normalized spacial score (nSPS) is 22.0. The van der Waals surface area contributed by atoms with Gasteiger partial charge in [0.15, 0.2) is 0 Å². The van der Waals surface area contributed by atoms with E-state index < -0.39 is 5.97 Å². The second-order valence-electron chi connectivity index (χ2n) is 4.62. The van der Waals surface area contributed by atoms with Crippen molar-refractivity contribution in [2.75, 3.05) is 19.7 Å². The Labute approximate surface area is 102 Å². The number of carbonyl (C=O) groups excluding carboxylic acids is 1. The minimum Gasteiger partial charge on any atom is -0.481 e. The van der Waals surface area contributed by atoms with Gasteiger partial charge >= 0.3 is 12.1 Å². The molecule has 0 aromatic carbocycles. The number of nitrogens with zero attached hydrogens (tertiary/aromatic N) is 1. The highest BCUT2D eigenvalue weighted by Gasteiger charge is 2.28. The number of piperidine rings is 1. The van der Waals surface area contributed by atoms with E-state index in [-0.39, 0.29) is 24.3 Å². The van der Waals surface area contributed by atoms with E-state index in [4.69, 9.17) is 9.84 Å². The van der Waals surface area contributed by atoms with Gasteiger partial charge in [-0.2, -0.15) is 0 Å². The van der Waals surface area contributed by atoms with Gasteiger partial charge in [0.05, 0.1) is 6.61 Å². The molecule has 0 aromatic rings. The Bertz CT molecular complexity index is 280. The van der Waals surface area contributed by atoms with Gasteiger partial charge in [-0.3, -0.25) is 4.79 Å². The number of hydrogen-bond donors (Lipinski definition) is 1. The molecule has 1 aliphatic rings. The van der Waals surface area contributed by atoms with Crippen LogP contribution in [-0.4, -0.2) is 41.8 Å². The molecule has 1 aliphatic heterocycles. The van der Waals surface area contributed by atoms with Crippen molar-refractivity contribution in [1.82, 2.24) is 4.90 Å². The fourth-order valence-electron chi connectivity index (χ4n) is 2.30. The van der Waals surface area contributed by atoms with Crippen molar-refractivity contribution in [3.8, 4) is 0 Å². The van der Waals surface area contributed by atoms with Crippen molar-refractivity contribution >= 4 is 12.1 Å². The molecule has 1 heterocycles. The number of carboxylic acids is 1. The molecule has 0 aliphatic carbocycles. The van der Waals surface area contributed by atoms with E-state index in [1.165, 1.54) is 0 Å². The summed E-state index contributed by atoms with van der Waals surface area (Å²) in [6, 6.07) is 0. The Morgan fingerprint density at radius 1 is 1.53 bits per heavy atom. The molecule has 0 saturated carbocycles. The van der Waals surface area contributed by atoms with Gasteiger partial charge in [-0.05, 0) is 31.6 Å². The highest BCUT2D eigenvalue weighted by atomic mass is 16.6. The Morgan fingerprint density at radius 3 is 2.82 bits per heavy atom. The molecule has 5 nitrogen and oxygen atoms in total. The summed E-state index contributed by atoms with van der Waals surface area (Å²) in [4.78, 5) is 23.9. The van der Waals surface area contributed by atoms with E-state index in [0.29, 0.717) is 13.2 Å². The first-order valence-electron chi connectivity index (χ1n) is 6.18. The Kier molecular flexibility index (Phi) is 5.25. The zero-order chi connectivity index (χ0) is 12.8. The van der Waals surface area contributed by atoms with Crippen LogP contribution in [0.2, 0.25) is 0 Å². The number of ether oxygens (including phenoxy) is 1. The van der Waals surface area contributed by atoms with Crippen molar-refractivity contribution in [3.63, 3.8) is 0 Å². The highest BCUT2D eigenvalue weighted by Crippen LogP contribution is 2.26. The molecule has 0 radical (unpaired) electrons. The van der Waals surface area contributed by atoms with Crippen molar-refractivity contribution in [2.45, 2.75) is 33.1 Å². The van der Waals surface area contributed by atoms with Gasteiger partial charge in [-0.25, -0.2) is 4.79 Å². The molecule has 1 fully saturated rings. The monoisotopic (exact) mass is 243 g/mol. The summed E-state index contributed by atoms with van der Waals surface area (Å²) < 4.78 is 4.96. The third-order valence-corrected chi connectivity index (χ3v) is 3.29. The Balaban J connectivity index is 2.48. The number of carbonyl (C=O) groups is 2. The van der Waals surface area contributed by atoms with Crippen LogP contribution < -0.4 is 0 Å². The van der Waals surface area contributed by atoms with Gasteiger partial charge in [0.1, 0.15) is 0 Å². The zero-order valence-corrected chi connectivity index (χ0v) is 10.5. The summed E-state index contributed by atoms with van der Waals surface area (Å²) >= 11 is 0. The van der Waals surface area contributed by atoms with E-state index in [1.807, 2.05) is 6.92 Å². The summed E-state index contributed by atoms with van der Waals surface area (Å²) in [5, 5.41) is 8.77. The molecule has 98 valence electrons. The predicted octanol–water partition coefficient (Wildman–Crippen LogP) is 1.97. The average molecular weight is 243 g/mol. The van der Waals surface area contributed by atoms with Gasteiger partial charge < -0.3 is 14.7 Å². The lowest BCUT2D eigenvalue weighted by Gasteiger charge is -2.34. The van der Waals surface area contributed by atoms with Crippen LogP contribution in [0.5, 0.6) is 0 Å². The minimum absolute atomic E-state index is 0.102. The molecular weight excluding hydrogens is 222 g/mol. The summed E-state index contributed by atoms with van der Waals surface area (Å²) in [6.45, 7) is 5.44. The largest absolute Gasteiger partial charge is 0.481 e. The number of hydrogen-bond acceptors (Lipinski definition) is 3. The number of carboxylic acid groups (broad SMARTS) is 1. The van der Waals surface area contributed by atoms with Crippen molar-refractivity contribution in [2.24, 2.45) is 11.8 Å². The van der Waals surface area contributed by atoms with Gasteiger partial charge in [-0.1, -0.05) is 6.92 Å². The third kappa shape index (κ3) is 4.24. The minimum atomic E-state index is -0.772. The van der Waals surface area contributed by atoms with Crippen molar-refractivity contribution < 1.29 is 19.4 Å². The summed E-state index contributed by atoms with van der Waals surface area (Å²) in [5.74, 6) is -0.403. The van der Waals surface area contributed by atoms with E-state index >= 15 is 0 Å². The first-order chi connectivity index (χ1) is 8.04. The highest BCUT2D eigenvalue weighted by molar-refractivity contribution is 5.68. The SMILES string of the molecule is CCOC(=O)N1CCCC(C(C)CC(=O)O)C1. The van der Waals surface area contributed by atoms with E-state index in [9.17, 15) is 9.59 Å². The van der Waals surface area contributed by atoms with E-state index in [0.717, 1.165) is 19.4 Å². The third-order valence-electron chi connectivity index (χ3n) is 3.29. The molecule has 1 saturated heterocycles. The molecular formula is C12H21NO4. The maximum Gasteiger partial charge on any atom is 0.409 e. The number of likely N-dealkylation sites (tertiary alicyclic amines) is 1. The van der Waals surface area contributed by atoms with Gasteiger partial charge in [-0.15, -0.1) is 0 Å². The van der Waals surface area contributed by atoms with Crippen molar-refractivity contribution in [1.29, 1.82) is 0 Å². The Hall–Kier alpha value is -1.26. The van der Waals surface area contributed by atoms with Gasteiger partial charge in [0, 0.05) is 19.5 Å². The first-order valence-corrected chi connectivity index (χ1v) is 6.18. The topological polar surface area (TPSA) is 66.8 Å². The molecule has 1 N–H and O–H groups in total. The molecule has 1 amide bonds. The van der Waals surface area contributed by atoms with Crippen LogP contribution >= 0.6 is 0 Å². The van der Waals surface area contributed by atoms with Crippen LogP contribution in [0, 0.1) is 11.8 Å². The molecule has 5 heteroatoms. The van der Waals surface area contributed by atoms with Crippen molar-refractivity contribution in [3.05, 3.63) is 0 Å². The molecule has 1 rings (SSSR count). The second-order valence-corrected chi connectivity index (χ2v) is 4.62.